The maximum absolute atomic E-state index is 13.2. The van der Waals surface area contributed by atoms with E-state index >= 15 is 0 Å². The molecular weight excluding hydrogens is 377 g/mol. The number of likely N-dealkylation sites (tertiary alicyclic amines) is 1. The molecule has 2 aliphatic rings. The van der Waals surface area contributed by atoms with Crippen LogP contribution >= 0.6 is 0 Å². The Morgan fingerprint density at radius 1 is 1.18 bits per heavy atom. The van der Waals surface area contributed by atoms with Gasteiger partial charge < -0.3 is 19.3 Å². The summed E-state index contributed by atoms with van der Waals surface area (Å²) in [5, 5.41) is 0. The monoisotopic (exact) mass is 408 g/mol. The number of carbonyl (C=O) groups excluding carboxylic acids is 2. The topological polar surface area (TPSA) is 59.1 Å². The Hall–Kier alpha value is -1.51. The zero-order valence-corrected chi connectivity index (χ0v) is 17.3. The molecule has 9 heteroatoms. The van der Waals surface area contributed by atoms with Gasteiger partial charge in [0.2, 0.25) is 0 Å². The SMILES string of the molecule is COCC1(C(C)N(C(=O)C(F)(F)F)C2CC2)CCN(C(=O)OC(C)(C)C)CC1. The first-order valence-electron chi connectivity index (χ1n) is 9.67. The van der Waals surface area contributed by atoms with Gasteiger partial charge in [0, 0.05) is 37.7 Å². The molecule has 6 nitrogen and oxygen atoms in total. The van der Waals surface area contributed by atoms with E-state index < -0.39 is 35.2 Å². The van der Waals surface area contributed by atoms with Crippen LogP contribution in [0.15, 0.2) is 0 Å². The number of methoxy groups -OCH3 is 1. The molecule has 28 heavy (non-hydrogen) atoms. The first-order valence-corrected chi connectivity index (χ1v) is 9.67. The van der Waals surface area contributed by atoms with Crippen LogP contribution in [-0.2, 0) is 14.3 Å². The van der Waals surface area contributed by atoms with Gasteiger partial charge in [-0.15, -0.1) is 0 Å². The van der Waals surface area contributed by atoms with Gasteiger partial charge in [-0.25, -0.2) is 4.79 Å². The van der Waals surface area contributed by atoms with E-state index in [9.17, 15) is 22.8 Å². The smallest absolute Gasteiger partial charge is 0.444 e. The predicted molar refractivity (Wildman–Crippen MR) is 96.7 cm³/mol. The number of rotatable bonds is 5. The molecule has 2 fully saturated rings. The number of carbonyl (C=O) groups is 2. The van der Waals surface area contributed by atoms with Gasteiger partial charge in [-0.1, -0.05) is 0 Å². The molecule has 0 aromatic heterocycles. The van der Waals surface area contributed by atoms with Crippen LogP contribution in [0.5, 0.6) is 0 Å². The van der Waals surface area contributed by atoms with Crippen molar-refractivity contribution in [2.75, 3.05) is 26.8 Å². The molecule has 0 aromatic carbocycles. The van der Waals surface area contributed by atoms with Crippen LogP contribution in [0.4, 0.5) is 18.0 Å². The molecular formula is C19H31F3N2O4. The highest BCUT2D eigenvalue weighted by Gasteiger charge is 2.53. The zero-order valence-electron chi connectivity index (χ0n) is 17.3. The Labute approximate surface area is 164 Å². The largest absolute Gasteiger partial charge is 0.471 e. The van der Waals surface area contributed by atoms with Crippen molar-refractivity contribution in [2.45, 2.75) is 77.2 Å². The fourth-order valence-corrected chi connectivity index (χ4v) is 3.88. The third-order valence-corrected chi connectivity index (χ3v) is 5.56. The van der Waals surface area contributed by atoms with Crippen LogP contribution in [-0.4, -0.2) is 72.5 Å². The number of hydrogen-bond acceptors (Lipinski definition) is 4. The van der Waals surface area contributed by atoms with Crippen molar-refractivity contribution in [1.29, 1.82) is 0 Å². The molecule has 2 amide bonds. The van der Waals surface area contributed by atoms with Gasteiger partial charge in [-0.05, 0) is 53.4 Å². The van der Waals surface area contributed by atoms with Crippen LogP contribution in [0.3, 0.4) is 0 Å². The van der Waals surface area contributed by atoms with Crippen molar-refractivity contribution < 1.29 is 32.2 Å². The quantitative estimate of drug-likeness (QED) is 0.698. The van der Waals surface area contributed by atoms with Crippen LogP contribution in [0.2, 0.25) is 0 Å². The number of hydrogen-bond donors (Lipinski definition) is 0. The average Bonchev–Trinajstić information content (AvgIpc) is 3.38. The molecule has 0 spiro atoms. The van der Waals surface area contributed by atoms with Crippen LogP contribution < -0.4 is 0 Å². The number of halogens is 3. The van der Waals surface area contributed by atoms with Crippen molar-refractivity contribution >= 4 is 12.0 Å². The highest BCUT2D eigenvalue weighted by Crippen LogP contribution is 2.43. The molecule has 1 aliphatic carbocycles. The second kappa shape index (κ2) is 8.08. The first-order chi connectivity index (χ1) is 12.8. The number of alkyl halides is 3. The molecule has 1 saturated carbocycles. The average molecular weight is 408 g/mol. The molecule has 1 unspecified atom stereocenters. The summed E-state index contributed by atoms with van der Waals surface area (Å²) in [6.45, 7) is 7.94. The molecule has 1 heterocycles. The third kappa shape index (κ3) is 5.30. The Bertz CT molecular complexity index is 577. The Morgan fingerprint density at radius 3 is 2.11 bits per heavy atom. The van der Waals surface area contributed by atoms with Gasteiger partial charge >= 0.3 is 18.2 Å². The maximum atomic E-state index is 13.2. The molecule has 162 valence electrons. The minimum absolute atomic E-state index is 0.227. The summed E-state index contributed by atoms with van der Waals surface area (Å²) >= 11 is 0. The van der Waals surface area contributed by atoms with E-state index in [1.165, 1.54) is 7.11 Å². The third-order valence-electron chi connectivity index (χ3n) is 5.56. The lowest BCUT2D eigenvalue weighted by Crippen LogP contribution is -2.58. The summed E-state index contributed by atoms with van der Waals surface area (Å²) < 4.78 is 50.2. The maximum Gasteiger partial charge on any atom is 0.471 e. The second-order valence-electron chi connectivity index (χ2n) is 8.88. The van der Waals surface area contributed by atoms with Crippen molar-refractivity contribution in [1.82, 2.24) is 9.80 Å². The lowest BCUT2D eigenvalue weighted by atomic mass is 9.72. The van der Waals surface area contributed by atoms with Crippen molar-refractivity contribution in [3.63, 3.8) is 0 Å². The molecule has 1 aliphatic heterocycles. The molecule has 0 N–H and O–H groups in total. The van der Waals surface area contributed by atoms with E-state index in [1.54, 1.807) is 32.6 Å². The predicted octanol–water partition coefficient (Wildman–Crippen LogP) is 3.59. The summed E-state index contributed by atoms with van der Waals surface area (Å²) in [6.07, 6.45) is -3.29. The Balaban J connectivity index is 2.15. The van der Waals surface area contributed by atoms with Gasteiger partial charge in [0.1, 0.15) is 5.60 Å². The number of piperidine rings is 1. The van der Waals surface area contributed by atoms with E-state index in [0.29, 0.717) is 38.8 Å². The first kappa shape index (κ1) is 22.8. The number of nitrogens with zero attached hydrogens (tertiary/aromatic N) is 2. The fourth-order valence-electron chi connectivity index (χ4n) is 3.88. The van der Waals surface area contributed by atoms with Gasteiger partial charge in [0.05, 0.1) is 6.61 Å². The van der Waals surface area contributed by atoms with E-state index in [-0.39, 0.29) is 12.6 Å². The van der Waals surface area contributed by atoms with Crippen molar-refractivity contribution in [2.24, 2.45) is 5.41 Å². The number of ether oxygens (including phenoxy) is 2. The molecule has 0 aromatic rings. The van der Waals surface area contributed by atoms with Gasteiger partial charge in [-0.2, -0.15) is 13.2 Å². The van der Waals surface area contributed by atoms with E-state index in [2.05, 4.69) is 0 Å². The number of amides is 2. The van der Waals surface area contributed by atoms with Crippen LogP contribution in [0.1, 0.15) is 53.4 Å². The Kier molecular flexibility index (Phi) is 6.57. The summed E-state index contributed by atoms with van der Waals surface area (Å²) in [5.41, 5.74) is -1.26. The standard InChI is InChI=1S/C19H31F3N2O4/c1-13(24(14-6-7-14)15(25)19(20,21)22)18(12-27-5)8-10-23(11-9-18)16(26)28-17(2,3)4/h13-14H,6-12H2,1-5H3. The summed E-state index contributed by atoms with van der Waals surface area (Å²) in [6, 6.07) is -1.02. The minimum Gasteiger partial charge on any atom is -0.444 e. The fraction of sp³-hybridized carbons (Fsp3) is 0.895. The lowest BCUT2D eigenvalue weighted by molar-refractivity contribution is -0.192. The summed E-state index contributed by atoms with van der Waals surface area (Å²) in [5.74, 6) is -1.78. The highest BCUT2D eigenvalue weighted by atomic mass is 19.4. The second-order valence-corrected chi connectivity index (χ2v) is 8.88. The molecule has 0 radical (unpaired) electrons. The van der Waals surface area contributed by atoms with Gasteiger partial charge in [0.15, 0.2) is 0 Å². The van der Waals surface area contributed by atoms with Crippen molar-refractivity contribution in [3.8, 4) is 0 Å². The minimum atomic E-state index is -4.90. The normalized spacial score (nSPS) is 21.2. The van der Waals surface area contributed by atoms with E-state index in [1.807, 2.05) is 0 Å². The zero-order chi connectivity index (χ0) is 21.3. The summed E-state index contributed by atoms with van der Waals surface area (Å²) in [7, 11) is 1.50. The van der Waals surface area contributed by atoms with Gasteiger partial charge in [0.25, 0.3) is 0 Å². The van der Waals surface area contributed by atoms with Crippen LogP contribution in [0.25, 0.3) is 0 Å². The highest BCUT2D eigenvalue weighted by molar-refractivity contribution is 5.82. The van der Waals surface area contributed by atoms with E-state index in [0.717, 1.165) is 4.90 Å². The Morgan fingerprint density at radius 2 is 1.71 bits per heavy atom. The lowest BCUT2D eigenvalue weighted by Gasteiger charge is -2.48. The van der Waals surface area contributed by atoms with E-state index in [4.69, 9.17) is 9.47 Å². The van der Waals surface area contributed by atoms with Gasteiger partial charge in [-0.3, -0.25) is 4.79 Å². The molecule has 0 bridgehead atoms. The molecule has 2 rings (SSSR count). The van der Waals surface area contributed by atoms with Crippen molar-refractivity contribution in [3.05, 3.63) is 0 Å². The molecule has 1 saturated heterocycles. The molecule has 1 atom stereocenters. The van der Waals surface area contributed by atoms with Crippen LogP contribution in [0, 0.1) is 5.41 Å². The summed E-state index contributed by atoms with van der Waals surface area (Å²) in [4.78, 5) is 27.0.